The van der Waals surface area contributed by atoms with E-state index in [2.05, 4.69) is 52.6 Å². The Morgan fingerprint density at radius 2 is 1.84 bits per heavy atom. The third-order valence-corrected chi connectivity index (χ3v) is 10.00. The molecule has 16 heteroatoms. The van der Waals surface area contributed by atoms with Crippen molar-refractivity contribution in [2.75, 3.05) is 44.6 Å². The van der Waals surface area contributed by atoms with Gasteiger partial charge in [0.25, 0.3) is 8.53 Å². The van der Waals surface area contributed by atoms with Crippen LogP contribution in [-0.4, -0.2) is 110 Å². The van der Waals surface area contributed by atoms with Gasteiger partial charge in [0, 0.05) is 37.3 Å². The number of rotatable bonds is 16. The third kappa shape index (κ3) is 9.36. The molecule has 1 aliphatic rings. The predicted molar refractivity (Wildman–Crippen MR) is 169 cm³/mol. The van der Waals surface area contributed by atoms with Crippen LogP contribution in [0.2, 0.25) is 0 Å². The average molecular weight is 659 g/mol. The summed E-state index contributed by atoms with van der Waals surface area (Å²) in [4.78, 5) is 36.7. The van der Waals surface area contributed by atoms with Crippen molar-refractivity contribution < 1.29 is 38.0 Å². The van der Waals surface area contributed by atoms with Crippen LogP contribution in [0.25, 0.3) is 11.2 Å². The molecule has 3 rings (SSSR count). The van der Waals surface area contributed by atoms with E-state index in [0.717, 1.165) is 0 Å². The number of ether oxygens (including phenoxy) is 3. The Labute approximate surface area is 264 Å². The number of fused-ring (bicyclic) bond motifs is 1. The second-order valence-electron chi connectivity index (χ2n) is 11.9. The SMILES string of the molecule is CO[C@H]1C(OP(OCCOCCSC(=O)C(C)(C)C)N(C(C)C)C(C)C)[C@@H](CO)O[C@H]1n1cnc2c(NC(C)=O)ncnc21. The van der Waals surface area contributed by atoms with Crippen LogP contribution in [0.3, 0.4) is 0 Å². The molecular weight excluding hydrogens is 611 g/mol. The summed E-state index contributed by atoms with van der Waals surface area (Å²) >= 11 is 1.27. The number of thioether (sulfide) groups is 1. The molecule has 0 saturated carbocycles. The van der Waals surface area contributed by atoms with E-state index in [-0.39, 0.29) is 47.6 Å². The van der Waals surface area contributed by atoms with Gasteiger partial charge in [-0.15, -0.1) is 0 Å². The molecule has 14 nitrogen and oxygen atoms in total. The van der Waals surface area contributed by atoms with Gasteiger partial charge < -0.3 is 33.7 Å². The van der Waals surface area contributed by atoms with Crippen molar-refractivity contribution in [3.63, 3.8) is 0 Å². The van der Waals surface area contributed by atoms with E-state index in [1.807, 2.05) is 20.8 Å². The third-order valence-electron chi connectivity index (χ3n) is 6.63. The Kier molecular flexibility index (Phi) is 13.9. The summed E-state index contributed by atoms with van der Waals surface area (Å²) < 4.78 is 34.7. The summed E-state index contributed by atoms with van der Waals surface area (Å²) in [7, 11) is -0.0787. The number of methoxy groups -OCH3 is 1. The van der Waals surface area contributed by atoms with Gasteiger partial charge in [-0.1, -0.05) is 32.5 Å². The van der Waals surface area contributed by atoms with E-state index in [1.54, 1.807) is 11.7 Å². The number of carbonyl (C=O) groups excluding carboxylic acids is 2. The van der Waals surface area contributed by atoms with Crippen molar-refractivity contribution in [3.8, 4) is 0 Å². The molecule has 1 aliphatic heterocycles. The number of nitrogens with zero attached hydrogens (tertiary/aromatic N) is 5. The zero-order chi connectivity index (χ0) is 32.6. The van der Waals surface area contributed by atoms with E-state index in [4.69, 9.17) is 23.3 Å². The topological polar surface area (TPSA) is 159 Å². The zero-order valence-electron chi connectivity index (χ0n) is 27.1. The number of hydrogen-bond acceptors (Lipinski definition) is 13. The first-order valence-electron chi connectivity index (χ1n) is 14.7. The van der Waals surface area contributed by atoms with Crippen LogP contribution in [0.1, 0.15) is 61.6 Å². The molecule has 0 bridgehead atoms. The molecular formula is C28H47N6O8PS. The standard InChI is InChI=1S/C28H47N6O8PS/c1-17(2)34(18(3)4)43(40-11-10-39-12-13-44-27(37)28(6,7)8)42-22-20(14-35)41-26(23(22)38-9)33-16-31-21-24(32-19(5)36)29-15-30-25(21)33/h15-18,20,22-23,26,35H,10-14H2,1-9H3,(H,29,30,32,36)/t20-,22?,23+,26-,43?/m1/s1. The fraction of sp³-hybridized carbons (Fsp3) is 0.750. The number of aliphatic hydroxyl groups excluding tert-OH is 1. The molecule has 2 aromatic rings. The van der Waals surface area contributed by atoms with Crippen LogP contribution >= 0.6 is 20.3 Å². The van der Waals surface area contributed by atoms with Gasteiger partial charge in [0.15, 0.2) is 28.3 Å². The maximum absolute atomic E-state index is 12.1. The fourth-order valence-corrected chi connectivity index (χ4v) is 7.24. The van der Waals surface area contributed by atoms with Crippen molar-refractivity contribution in [1.29, 1.82) is 0 Å². The first kappa shape index (κ1) is 36.7. The van der Waals surface area contributed by atoms with Gasteiger partial charge in [-0.3, -0.25) is 14.2 Å². The van der Waals surface area contributed by atoms with Crippen molar-refractivity contribution in [1.82, 2.24) is 24.2 Å². The molecule has 1 amide bonds. The monoisotopic (exact) mass is 658 g/mol. The van der Waals surface area contributed by atoms with Crippen LogP contribution in [0, 0.1) is 5.41 Å². The van der Waals surface area contributed by atoms with Gasteiger partial charge >= 0.3 is 0 Å². The minimum atomic E-state index is -1.63. The zero-order valence-corrected chi connectivity index (χ0v) is 28.8. The van der Waals surface area contributed by atoms with Crippen LogP contribution < -0.4 is 5.32 Å². The van der Waals surface area contributed by atoms with Crippen LogP contribution in [0.15, 0.2) is 12.7 Å². The molecule has 3 heterocycles. The minimum absolute atomic E-state index is 0.0926. The van der Waals surface area contributed by atoms with Crippen molar-refractivity contribution in [2.24, 2.45) is 5.41 Å². The molecule has 1 saturated heterocycles. The average Bonchev–Trinajstić information content (AvgIpc) is 3.52. The highest BCUT2D eigenvalue weighted by Gasteiger charge is 2.49. The van der Waals surface area contributed by atoms with Gasteiger partial charge in [0.05, 0.1) is 32.8 Å². The van der Waals surface area contributed by atoms with Crippen LogP contribution in [-0.2, 0) is 32.8 Å². The predicted octanol–water partition coefficient (Wildman–Crippen LogP) is 3.76. The summed E-state index contributed by atoms with van der Waals surface area (Å²) in [6, 6.07) is 0.185. The number of aliphatic hydroxyl groups is 1. The first-order valence-corrected chi connectivity index (χ1v) is 16.8. The smallest absolute Gasteiger partial charge is 0.259 e. The fourth-order valence-electron chi connectivity index (χ4n) is 4.67. The van der Waals surface area contributed by atoms with Gasteiger partial charge in [0.1, 0.15) is 24.6 Å². The quantitative estimate of drug-likeness (QED) is 0.199. The normalized spacial score (nSPS) is 21.6. The number of carbonyl (C=O) groups is 2. The number of nitrogens with one attached hydrogen (secondary N) is 1. The molecule has 44 heavy (non-hydrogen) atoms. The Hall–Kier alpha value is -1.81. The molecule has 2 N–H and O–H groups in total. The van der Waals surface area contributed by atoms with Crippen LogP contribution in [0.4, 0.5) is 5.82 Å². The lowest BCUT2D eigenvalue weighted by Crippen LogP contribution is -2.40. The summed E-state index contributed by atoms with van der Waals surface area (Å²) in [6.45, 7) is 16.1. The summed E-state index contributed by atoms with van der Waals surface area (Å²) in [5.41, 5.74) is 0.433. The summed E-state index contributed by atoms with van der Waals surface area (Å²) in [5, 5.41) is 13.1. The van der Waals surface area contributed by atoms with Gasteiger partial charge in [-0.05, 0) is 27.7 Å². The molecule has 5 atom stereocenters. The van der Waals surface area contributed by atoms with Crippen molar-refractivity contribution in [2.45, 2.75) is 92.0 Å². The molecule has 2 aromatic heterocycles. The minimum Gasteiger partial charge on any atom is -0.394 e. The number of amides is 1. The van der Waals surface area contributed by atoms with Crippen LogP contribution in [0.5, 0.6) is 0 Å². The van der Waals surface area contributed by atoms with Crippen molar-refractivity contribution >= 4 is 48.3 Å². The maximum Gasteiger partial charge on any atom is 0.259 e. The van der Waals surface area contributed by atoms with E-state index >= 15 is 0 Å². The Morgan fingerprint density at radius 3 is 2.43 bits per heavy atom. The molecule has 0 aliphatic carbocycles. The Balaban J connectivity index is 1.75. The van der Waals surface area contributed by atoms with Gasteiger partial charge in [-0.2, -0.15) is 0 Å². The van der Waals surface area contributed by atoms with E-state index in [0.29, 0.717) is 30.1 Å². The van der Waals surface area contributed by atoms with E-state index < -0.39 is 33.1 Å². The first-order chi connectivity index (χ1) is 20.8. The second kappa shape index (κ2) is 16.7. The Bertz CT molecular complexity index is 1220. The highest BCUT2D eigenvalue weighted by Crippen LogP contribution is 2.50. The molecule has 248 valence electrons. The maximum atomic E-state index is 12.1. The highest BCUT2D eigenvalue weighted by molar-refractivity contribution is 8.13. The van der Waals surface area contributed by atoms with Gasteiger partial charge in [-0.25, -0.2) is 19.6 Å². The lowest BCUT2D eigenvalue weighted by atomic mass is 10.00. The largest absolute Gasteiger partial charge is 0.394 e. The van der Waals surface area contributed by atoms with E-state index in [1.165, 1.54) is 31.3 Å². The van der Waals surface area contributed by atoms with Gasteiger partial charge in [0.2, 0.25) is 5.91 Å². The lowest BCUT2D eigenvalue weighted by molar-refractivity contribution is -0.117. The summed E-state index contributed by atoms with van der Waals surface area (Å²) in [5.74, 6) is 0.566. The highest BCUT2D eigenvalue weighted by atomic mass is 32.2. The molecule has 0 aromatic carbocycles. The lowest BCUT2D eigenvalue weighted by Gasteiger charge is -2.38. The van der Waals surface area contributed by atoms with E-state index in [9.17, 15) is 14.7 Å². The van der Waals surface area contributed by atoms with Crippen molar-refractivity contribution in [3.05, 3.63) is 12.7 Å². The number of imidazole rings is 1. The molecule has 0 radical (unpaired) electrons. The molecule has 2 unspecified atom stereocenters. The number of hydrogen-bond donors (Lipinski definition) is 2. The number of anilines is 1. The summed E-state index contributed by atoms with van der Waals surface area (Å²) in [6.07, 6.45) is 0.0359. The second-order valence-corrected chi connectivity index (χ2v) is 14.4. The molecule has 0 spiro atoms. The Morgan fingerprint density at radius 1 is 1.14 bits per heavy atom. The molecule has 1 fully saturated rings. The number of aromatic nitrogens is 4.